The number of hydrogen-bond acceptors (Lipinski definition) is 5. The summed E-state index contributed by atoms with van der Waals surface area (Å²) in [4.78, 5) is 26.2. The van der Waals surface area contributed by atoms with Crippen LogP contribution in [0.5, 0.6) is 0 Å². The number of amides is 1. The summed E-state index contributed by atoms with van der Waals surface area (Å²) in [6.45, 7) is 6.45. The van der Waals surface area contributed by atoms with Crippen LogP contribution in [0.1, 0.15) is 271 Å². The van der Waals surface area contributed by atoms with Crippen LogP contribution in [-0.2, 0) is 14.3 Å². The largest absolute Gasteiger partial charge is 0.462 e. The van der Waals surface area contributed by atoms with Gasteiger partial charge < -0.3 is 20.3 Å². The van der Waals surface area contributed by atoms with Crippen molar-refractivity contribution in [1.82, 2.24) is 5.32 Å². The lowest BCUT2D eigenvalue weighted by molar-refractivity contribution is -0.151. The average Bonchev–Trinajstić information content (AvgIpc) is 3.26. The SMILES string of the molecule is CCCCC/C=C/C=C/CCCCCCCCC(=O)OC(CCC/C=C/C=C/CCCCCCCCC)CC(=O)NC(CO)C(O)CCCCCCCCCCCCCCCC. The molecule has 3 N–H and O–H groups in total. The molecule has 0 bridgehead atoms. The van der Waals surface area contributed by atoms with E-state index in [9.17, 15) is 19.8 Å². The number of allylic oxidation sites excluding steroid dienone is 8. The molecule has 0 saturated carbocycles. The first-order chi connectivity index (χ1) is 30.5. The Labute approximate surface area is 385 Å². The maximum atomic E-state index is 13.2. The summed E-state index contributed by atoms with van der Waals surface area (Å²) in [6, 6.07) is -0.718. The minimum absolute atomic E-state index is 0.0406. The van der Waals surface area contributed by atoms with E-state index in [-0.39, 0.29) is 24.9 Å². The normalized spacial score (nSPS) is 13.6. The Kier molecular flexibility index (Phi) is 48.1. The second-order valence-electron chi connectivity index (χ2n) is 18.3. The summed E-state index contributed by atoms with van der Waals surface area (Å²) in [6.07, 6.45) is 60.3. The summed E-state index contributed by atoms with van der Waals surface area (Å²) in [5, 5.41) is 23.8. The molecule has 62 heavy (non-hydrogen) atoms. The van der Waals surface area contributed by atoms with E-state index in [0.29, 0.717) is 19.3 Å². The van der Waals surface area contributed by atoms with Gasteiger partial charge in [-0.05, 0) is 70.6 Å². The molecule has 0 fully saturated rings. The molecule has 0 aliphatic rings. The third-order valence-corrected chi connectivity index (χ3v) is 12.2. The first-order valence-electron chi connectivity index (χ1n) is 26.9. The van der Waals surface area contributed by atoms with Gasteiger partial charge >= 0.3 is 5.97 Å². The fourth-order valence-electron chi connectivity index (χ4n) is 8.07. The van der Waals surface area contributed by atoms with Crippen LogP contribution in [0.2, 0.25) is 0 Å². The molecule has 0 aromatic rings. The minimum Gasteiger partial charge on any atom is -0.462 e. The molecule has 0 aliphatic carbocycles. The summed E-state index contributed by atoms with van der Waals surface area (Å²) in [5.41, 5.74) is 0. The van der Waals surface area contributed by atoms with Crippen molar-refractivity contribution < 1.29 is 24.5 Å². The predicted molar refractivity (Wildman–Crippen MR) is 269 cm³/mol. The van der Waals surface area contributed by atoms with Gasteiger partial charge in [-0.25, -0.2) is 0 Å². The number of ether oxygens (including phenoxy) is 1. The Balaban J connectivity index is 4.64. The van der Waals surface area contributed by atoms with E-state index in [2.05, 4.69) is 74.7 Å². The highest BCUT2D eigenvalue weighted by molar-refractivity contribution is 5.77. The third-order valence-electron chi connectivity index (χ3n) is 12.2. The van der Waals surface area contributed by atoms with E-state index in [0.717, 1.165) is 64.2 Å². The van der Waals surface area contributed by atoms with Crippen molar-refractivity contribution in [1.29, 1.82) is 0 Å². The van der Waals surface area contributed by atoms with Crippen molar-refractivity contribution in [3.63, 3.8) is 0 Å². The molecule has 0 spiro atoms. The number of hydrogen-bond donors (Lipinski definition) is 3. The maximum absolute atomic E-state index is 13.2. The molecule has 0 rings (SSSR count). The lowest BCUT2D eigenvalue weighted by Gasteiger charge is -2.24. The fraction of sp³-hybridized carbons (Fsp3) is 0.821. The van der Waals surface area contributed by atoms with E-state index in [1.54, 1.807) is 0 Å². The van der Waals surface area contributed by atoms with Crippen molar-refractivity contribution in [2.24, 2.45) is 0 Å². The molecule has 0 aromatic carbocycles. The fourth-order valence-corrected chi connectivity index (χ4v) is 8.07. The summed E-state index contributed by atoms with van der Waals surface area (Å²) in [7, 11) is 0. The average molecular weight is 870 g/mol. The molecule has 3 atom stereocenters. The molecule has 0 heterocycles. The van der Waals surface area contributed by atoms with Crippen molar-refractivity contribution in [3.05, 3.63) is 48.6 Å². The van der Waals surface area contributed by atoms with Gasteiger partial charge in [0.05, 0.1) is 25.2 Å². The van der Waals surface area contributed by atoms with Gasteiger partial charge in [0.2, 0.25) is 5.91 Å². The molecular weight excluding hydrogens is 767 g/mol. The van der Waals surface area contributed by atoms with E-state index in [1.165, 1.54) is 161 Å². The van der Waals surface area contributed by atoms with Gasteiger partial charge in [0.1, 0.15) is 6.10 Å². The monoisotopic (exact) mass is 870 g/mol. The Bertz CT molecular complexity index is 1070. The predicted octanol–water partition coefficient (Wildman–Crippen LogP) is 16.2. The first kappa shape index (κ1) is 59.8. The third kappa shape index (κ3) is 44.4. The molecule has 3 unspecified atom stereocenters. The lowest BCUT2D eigenvalue weighted by Crippen LogP contribution is -2.46. The molecule has 0 aliphatic heterocycles. The molecule has 0 aromatic heterocycles. The summed E-state index contributed by atoms with van der Waals surface area (Å²) < 4.78 is 5.91. The quantitative estimate of drug-likeness (QED) is 0.0322. The van der Waals surface area contributed by atoms with Gasteiger partial charge in [0.25, 0.3) is 0 Å². The molecule has 362 valence electrons. The van der Waals surface area contributed by atoms with Gasteiger partial charge in [-0.3, -0.25) is 9.59 Å². The Hall–Kier alpha value is -2.18. The molecular formula is C56H103NO5. The van der Waals surface area contributed by atoms with E-state index < -0.39 is 18.2 Å². The number of carbonyl (C=O) groups excluding carboxylic acids is 2. The van der Waals surface area contributed by atoms with E-state index >= 15 is 0 Å². The van der Waals surface area contributed by atoms with Crippen LogP contribution in [0.15, 0.2) is 48.6 Å². The number of carbonyl (C=O) groups is 2. The van der Waals surface area contributed by atoms with Crippen molar-refractivity contribution >= 4 is 11.9 Å². The van der Waals surface area contributed by atoms with Gasteiger partial charge in [-0.2, -0.15) is 0 Å². The standard InChI is InChI=1S/C56H103NO5/c1-4-7-10-13-16-19-22-25-28-31-34-37-40-43-46-49-56(61)62-52(47-44-41-38-35-32-29-26-23-20-17-14-11-8-5-2)50-55(60)57-53(51-58)54(59)48-45-42-39-36-33-30-27-24-21-18-15-12-9-6-3/h16,19,22,25,29,32,35,38,52-54,58-59H,4-15,17-18,20-21,23-24,26-28,30-31,33-34,36-37,39-51H2,1-3H3,(H,57,60)/b19-16+,25-22+,32-29+,38-35+. The van der Waals surface area contributed by atoms with Crippen molar-refractivity contribution in [2.75, 3.05) is 6.61 Å². The van der Waals surface area contributed by atoms with E-state index in [4.69, 9.17) is 4.74 Å². The highest BCUT2D eigenvalue weighted by Gasteiger charge is 2.24. The second kappa shape index (κ2) is 49.8. The van der Waals surface area contributed by atoms with Gasteiger partial charge in [0, 0.05) is 6.42 Å². The number of esters is 1. The molecule has 1 amide bonds. The zero-order valence-electron chi connectivity index (χ0n) is 41.3. The maximum Gasteiger partial charge on any atom is 0.306 e. The Morgan fingerprint density at radius 1 is 0.468 bits per heavy atom. The van der Waals surface area contributed by atoms with Crippen molar-refractivity contribution in [2.45, 2.75) is 289 Å². The summed E-state index contributed by atoms with van der Waals surface area (Å²) >= 11 is 0. The zero-order chi connectivity index (χ0) is 45.2. The van der Waals surface area contributed by atoms with Gasteiger partial charge in [-0.15, -0.1) is 0 Å². The number of aliphatic hydroxyl groups excluding tert-OH is 2. The molecule has 0 radical (unpaired) electrons. The van der Waals surface area contributed by atoms with Crippen LogP contribution >= 0.6 is 0 Å². The number of unbranched alkanes of at least 4 members (excludes halogenated alkanes) is 30. The van der Waals surface area contributed by atoms with Crippen molar-refractivity contribution in [3.8, 4) is 0 Å². The van der Waals surface area contributed by atoms with Gasteiger partial charge in [0.15, 0.2) is 0 Å². The molecule has 6 nitrogen and oxygen atoms in total. The molecule has 6 heteroatoms. The lowest BCUT2D eigenvalue weighted by atomic mass is 10.0. The zero-order valence-corrected chi connectivity index (χ0v) is 41.3. The van der Waals surface area contributed by atoms with E-state index in [1.807, 2.05) is 0 Å². The number of rotatable bonds is 48. The van der Waals surface area contributed by atoms with Crippen LogP contribution in [0.3, 0.4) is 0 Å². The minimum atomic E-state index is -0.801. The number of nitrogens with one attached hydrogen (secondary N) is 1. The highest BCUT2D eigenvalue weighted by atomic mass is 16.5. The number of aliphatic hydroxyl groups is 2. The molecule has 0 saturated heterocycles. The van der Waals surface area contributed by atoms with Crippen LogP contribution in [0.25, 0.3) is 0 Å². The second-order valence-corrected chi connectivity index (χ2v) is 18.3. The van der Waals surface area contributed by atoms with Crippen LogP contribution < -0.4 is 5.32 Å². The van der Waals surface area contributed by atoms with Gasteiger partial charge in [-0.1, -0.05) is 236 Å². The first-order valence-corrected chi connectivity index (χ1v) is 26.9. The van der Waals surface area contributed by atoms with Crippen LogP contribution in [0.4, 0.5) is 0 Å². The van der Waals surface area contributed by atoms with Crippen LogP contribution in [-0.4, -0.2) is 46.9 Å². The Morgan fingerprint density at radius 3 is 1.26 bits per heavy atom. The highest BCUT2D eigenvalue weighted by Crippen LogP contribution is 2.17. The topological polar surface area (TPSA) is 95.9 Å². The van der Waals surface area contributed by atoms with Crippen LogP contribution in [0, 0.1) is 0 Å². The summed E-state index contributed by atoms with van der Waals surface area (Å²) in [5.74, 6) is -0.528. The Morgan fingerprint density at radius 2 is 0.823 bits per heavy atom. The smallest absolute Gasteiger partial charge is 0.306 e.